The molecule has 1 N–H and O–H groups in total. The maximum atomic E-state index is 12.5. The van der Waals surface area contributed by atoms with Crippen LogP contribution in [0.15, 0.2) is 0 Å². The van der Waals surface area contributed by atoms with E-state index in [4.69, 9.17) is 4.74 Å². The van der Waals surface area contributed by atoms with E-state index in [0.29, 0.717) is 18.6 Å². The second kappa shape index (κ2) is 5.83. The monoisotopic (exact) mass is 240 g/mol. The Balaban J connectivity index is 1.94. The molecule has 1 amide bonds. The van der Waals surface area contributed by atoms with Crippen LogP contribution in [0.25, 0.3) is 0 Å². The van der Waals surface area contributed by atoms with E-state index in [1.165, 1.54) is 6.42 Å². The van der Waals surface area contributed by atoms with Crippen LogP contribution < -0.4 is 5.32 Å². The van der Waals surface area contributed by atoms with Gasteiger partial charge < -0.3 is 15.0 Å². The molecule has 2 rings (SSSR count). The summed E-state index contributed by atoms with van der Waals surface area (Å²) in [4.78, 5) is 14.5. The van der Waals surface area contributed by atoms with Gasteiger partial charge in [-0.3, -0.25) is 4.79 Å². The van der Waals surface area contributed by atoms with Gasteiger partial charge in [0.2, 0.25) is 5.91 Å². The molecule has 2 aliphatic rings. The van der Waals surface area contributed by atoms with Crippen LogP contribution in [0.1, 0.15) is 32.6 Å². The molecule has 1 saturated carbocycles. The maximum absolute atomic E-state index is 12.5. The van der Waals surface area contributed by atoms with Crippen LogP contribution in [0, 0.1) is 5.92 Å². The zero-order chi connectivity index (χ0) is 12.3. The Labute approximate surface area is 104 Å². The van der Waals surface area contributed by atoms with Gasteiger partial charge in [-0.25, -0.2) is 0 Å². The van der Waals surface area contributed by atoms with Crippen LogP contribution in [0.3, 0.4) is 0 Å². The van der Waals surface area contributed by atoms with Crippen LogP contribution in [0.2, 0.25) is 0 Å². The van der Waals surface area contributed by atoms with Crippen LogP contribution >= 0.6 is 0 Å². The average Bonchev–Trinajstić information content (AvgIpc) is 3.14. The molecule has 0 radical (unpaired) electrons. The first-order valence-electron chi connectivity index (χ1n) is 6.77. The summed E-state index contributed by atoms with van der Waals surface area (Å²) in [5, 5.41) is 3.38. The molecule has 4 nitrogen and oxygen atoms in total. The number of nitrogens with one attached hydrogen (secondary N) is 1. The van der Waals surface area contributed by atoms with Gasteiger partial charge in [0, 0.05) is 19.7 Å². The molecule has 4 heteroatoms. The number of hydrogen-bond acceptors (Lipinski definition) is 3. The fraction of sp³-hybridized carbons (Fsp3) is 0.923. The Morgan fingerprint density at radius 2 is 2.18 bits per heavy atom. The summed E-state index contributed by atoms with van der Waals surface area (Å²) >= 11 is 0. The number of rotatable bonds is 5. The van der Waals surface area contributed by atoms with Crippen LogP contribution in [0.5, 0.6) is 0 Å². The summed E-state index contributed by atoms with van der Waals surface area (Å²) in [5.74, 6) is 0.747. The van der Waals surface area contributed by atoms with Gasteiger partial charge in [-0.15, -0.1) is 0 Å². The molecular weight excluding hydrogens is 216 g/mol. The Morgan fingerprint density at radius 1 is 1.41 bits per heavy atom. The van der Waals surface area contributed by atoms with Crippen molar-refractivity contribution in [1.82, 2.24) is 10.2 Å². The highest BCUT2D eigenvalue weighted by Crippen LogP contribution is 2.28. The van der Waals surface area contributed by atoms with Gasteiger partial charge in [0.05, 0.1) is 12.6 Å². The van der Waals surface area contributed by atoms with Crippen LogP contribution in [-0.4, -0.2) is 49.7 Å². The summed E-state index contributed by atoms with van der Waals surface area (Å²) in [6, 6.07) is 0.509. The summed E-state index contributed by atoms with van der Waals surface area (Å²) in [6.07, 6.45) is 4.67. The standard InChI is InChI=1S/C13H24N2O2/c1-10-4-3-7-14-12(10)13(16)15(8-9-17-2)11-5-6-11/h10-12,14H,3-9H2,1-2H3. The molecule has 1 heterocycles. The third-order valence-electron chi connectivity index (χ3n) is 3.84. The third kappa shape index (κ3) is 3.19. The number of nitrogens with zero attached hydrogens (tertiary/aromatic N) is 1. The van der Waals surface area contributed by atoms with Gasteiger partial charge in [-0.2, -0.15) is 0 Å². The van der Waals surface area contributed by atoms with Crippen molar-refractivity contribution < 1.29 is 9.53 Å². The number of carbonyl (C=O) groups is 1. The number of piperidine rings is 1. The van der Waals surface area contributed by atoms with Crippen molar-refractivity contribution in [3.8, 4) is 0 Å². The summed E-state index contributed by atoms with van der Waals surface area (Å²) in [5.41, 5.74) is 0. The Bertz CT molecular complexity index is 266. The predicted octanol–water partition coefficient (Wildman–Crippen LogP) is 1.01. The Hall–Kier alpha value is -0.610. The van der Waals surface area contributed by atoms with Crippen molar-refractivity contribution in [3.63, 3.8) is 0 Å². The lowest BCUT2D eigenvalue weighted by Gasteiger charge is -2.34. The highest BCUT2D eigenvalue weighted by molar-refractivity contribution is 5.83. The predicted molar refractivity (Wildman–Crippen MR) is 66.8 cm³/mol. The highest BCUT2D eigenvalue weighted by Gasteiger charge is 2.37. The molecule has 2 atom stereocenters. The minimum Gasteiger partial charge on any atom is -0.383 e. The summed E-state index contributed by atoms with van der Waals surface area (Å²) in [7, 11) is 1.69. The average molecular weight is 240 g/mol. The SMILES string of the molecule is COCCN(C(=O)C1NCCCC1C)C1CC1. The van der Waals surface area contributed by atoms with Gasteiger partial charge in [0.15, 0.2) is 0 Å². The van der Waals surface area contributed by atoms with E-state index in [9.17, 15) is 4.79 Å². The van der Waals surface area contributed by atoms with E-state index in [0.717, 1.165) is 32.4 Å². The topological polar surface area (TPSA) is 41.6 Å². The highest BCUT2D eigenvalue weighted by atomic mass is 16.5. The first-order chi connectivity index (χ1) is 8.24. The zero-order valence-electron chi connectivity index (χ0n) is 10.9. The normalized spacial score (nSPS) is 29.1. The smallest absolute Gasteiger partial charge is 0.240 e. The lowest BCUT2D eigenvalue weighted by molar-refractivity contribution is -0.136. The second-order valence-electron chi connectivity index (χ2n) is 5.31. The van der Waals surface area contributed by atoms with Crippen molar-refractivity contribution >= 4 is 5.91 Å². The molecule has 1 saturated heterocycles. The molecule has 98 valence electrons. The van der Waals surface area contributed by atoms with Crippen molar-refractivity contribution in [2.24, 2.45) is 5.92 Å². The van der Waals surface area contributed by atoms with Crippen molar-refractivity contribution in [1.29, 1.82) is 0 Å². The summed E-state index contributed by atoms with van der Waals surface area (Å²) < 4.78 is 5.10. The first-order valence-corrected chi connectivity index (χ1v) is 6.77. The molecule has 17 heavy (non-hydrogen) atoms. The molecule has 2 unspecified atom stereocenters. The quantitative estimate of drug-likeness (QED) is 0.780. The summed E-state index contributed by atoms with van der Waals surface area (Å²) in [6.45, 7) is 4.54. The van der Waals surface area contributed by atoms with E-state index in [-0.39, 0.29) is 11.9 Å². The third-order valence-corrected chi connectivity index (χ3v) is 3.84. The fourth-order valence-corrected chi connectivity index (χ4v) is 2.61. The van der Waals surface area contributed by atoms with Crippen LogP contribution in [0.4, 0.5) is 0 Å². The molecule has 1 aliphatic carbocycles. The lowest BCUT2D eigenvalue weighted by Crippen LogP contribution is -2.53. The van der Waals surface area contributed by atoms with Crippen LogP contribution in [-0.2, 0) is 9.53 Å². The molecule has 1 aliphatic heterocycles. The van der Waals surface area contributed by atoms with Crippen molar-refractivity contribution in [2.45, 2.75) is 44.7 Å². The van der Waals surface area contributed by atoms with E-state index < -0.39 is 0 Å². The van der Waals surface area contributed by atoms with Gasteiger partial charge in [0.1, 0.15) is 0 Å². The Kier molecular flexibility index (Phi) is 4.40. The zero-order valence-corrected chi connectivity index (χ0v) is 10.9. The van der Waals surface area contributed by atoms with Crippen molar-refractivity contribution in [2.75, 3.05) is 26.8 Å². The van der Waals surface area contributed by atoms with Crippen molar-refractivity contribution in [3.05, 3.63) is 0 Å². The minimum atomic E-state index is 0.0289. The van der Waals surface area contributed by atoms with E-state index in [2.05, 4.69) is 12.2 Å². The lowest BCUT2D eigenvalue weighted by atomic mass is 9.92. The van der Waals surface area contributed by atoms with Gasteiger partial charge >= 0.3 is 0 Å². The molecule has 0 bridgehead atoms. The largest absolute Gasteiger partial charge is 0.383 e. The van der Waals surface area contributed by atoms with Gasteiger partial charge in [-0.05, 0) is 38.1 Å². The number of methoxy groups -OCH3 is 1. The molecule has 0 aromatic heterocycles. The number of hydrogen-bond donors (Lipinski definition) is 1. The number of ether oxygens (including phenoxy) is 1. The molecule has 2 fully saturated rings. The van der Waals surface area contributed by atoms with Gasteiger partial charge in [0.25, 0.3) is 0 Å². The molecule has 0 aromatic rings. The maximum Gasteiger partial charge on any atom is 0.240 e. The van der Waals surface area contributed by atoms with E-state index in [1.54, 1.807) is 7.11 Å². The second-order valence-corrected chi connectivity index (χ2v) is 5.31. The molecule has 0 aromatic carbocycles. The molecular formula is C13H24N2O2. The van der Waals surface area contributed by atoms with E-state index >= 15 is 0 Å². The Morgan fingerprint density at radius 3 is 2.76 bits per heavy atom. The number of carbonyl (C=O) groups excluding carboxylic acids is 1. The molecule has 0 spiro atoms. The number of amides is 1. The minimum absolute atomic E-state index is 0.0289. The van der Waals surface area contributed by atoms with Gasteiger partial charge in [-0.1, -0.05) is 6.92 Å². The fourth-order valence-electron chi connectivity index (χ4n) is 2.61. The first kappa shape index (κ1) is 12.8. The van der Waals surface area contributed by atoms with E-state index in [1.807, 2.05) is 4.90 Å².